The van der Waals surface area contributed by atoms with Crippen LogP contribution in [-0.2, 0) is 16.0 Å². The molecule has 5 rings (SSSR count). The van der Waals surface area contributed by atoms with E-state index >= 15 is 4.39 Å². The van der Waals surface area contributed by atoms with Crippen LogP contribution in [0.3, 0.4) is 0 Å². The number of fused-ring (bicyclic) bond motifs is 2. The van der Waals surface area contributed by atoms with Crippen LogP contribution in [0.4, 0.5) is 4.39 Å². The number of nitrogens with zero attached hydrogens (tertiary/aromatic N) is 3. The Balaban J connectivity index is 0.000000910. The van der Waals surface area contributed by atoms with Gasteiger partial charge in [-0.05, 0) is 78.9 Å². The molecule has 228 valence electrons. The van der Waals surface area contributed by atoms with Gasteiger partial charge in [-0.15, -0.1) is 6.58 Å². The number of carbonyl (C=O) groups excluding carboxylic acids is 1. The monoisotopic (exact) mass is 582 g/mol. The molecule has 42 heavy (non-hydrogen) atoms. The summed E-state index contributed by atoms with van der Waals surface area (Å²) >= 11 is 0. The first-order chi connectivity index (χ1) is 19.9. The smallest absolute Gasteiger partial charge is 0.337 e. The lowest BCUT2D eigenvalue weighted by Gasteiger charge is -2.28. The number of hydrogen-bond acceptors (Lipinski definition) is 6. The van der Waals surface area contributed by atoms with Crippen LogP contribution < -0.4 is 10.1 Å². The van der Waals surface area contributed by atoms with Gasteiger partial charge in [0.2, 0.25) is 0 Å². The van der Waals surface area contributed by atoms with Gasteiger partial charge in [-0.1, -0.05) is 19.9 Å². The Labute approximate surface area is 247 Å². The number of benzene rings is 1. The topological polar surface area (TPSA) is 115 Å². The van der Waals surface area contributed by atoms with Gasteiger partial charge in [0.1, 0.15) is 0 Å². The first-order valence-electron chi connectivity index (χ1n) is 14.5. The molecule has 0 radical (unpaired) electrons. The second-order valence-electron chi connectivity index (χ2n) is 11.2. The Bertz CT molecular complexity index is 1470. The van der Waals surface area contributed by atoms with E-state index in [1.807, 2.05) is 27.7 Å². The molecular formula is C32H43FN4O5. The zero-order chi connectivity index (χ0) is 31.4. The highest BCUT2D eigenvalue weighted by molar-refractivity contribution is 5.94. The van der Waals surface area contributed by atoms with Crippen LogP contribution in [0.1, 0.15) is 99.8 Å². The van der Waals surface area contributed by atoms with Gasteiger partial charge in [0, 0.05) is 34.5 Å². The maximum Gasteiger partial charge on any atom is 0.337 e. The lowest BCUT2D eigenvalue weighted by Crippen LogP contribution is -2.29. The lowest BCUT2D eigenvalue weighted by atomic mass is 9.91. The molecule has 0 bridgehead atoms. The number of carbonyl (C=O) groups is 2. The average molecular weight is 583 g/mol. The van der Waals surface area contributed by atoms with Crippen molar-refractivity contribution in [3.05, 3.63) is 58.7 Å². The summed E-state index contributed by atoms with van der Waals surface area (Å²) in [5, 5.41) is 17.7. The van der Waals surface area contributed by atoms with E-state index in [4.69, 9.17) is 9.47 Å². The summed E-state index contributed by atoms with van der Waals surface area (Å²) in [6.07, 6.45) is 3.56. The molecule has 0 spiro atoms. The summed E-state index contributed by atoms with van der Waals surface area (Å²) in [6, 6.07) is 3.04. The van der Waals surface area contributed by atoms with Gasteiger partial charge in [0.15, 0.2) is 29.0 Å². The van der Waals surface area contributed by atoms with Crippen molar-refractivity contribution >= 4 is 17.5 Å². The van der Waals surface area contributed by atoms with Crippen LogP contribution in [0.2, 0.25) is 0 Å². The summed E-state index contributed by atoms with van der Waals surface area (Å²) in [6.45, 7) is 18.5. The molecule has 3 aromatic rings. The SMILES string of the molecule is C=CC.CC.Cc1nc2cc(C(=O)NC3CC3)nn2c(-c2cc(F)c3c(c2C)CCCO3)c1[C@H](OC(C)(C)C)C(=O)O. The minimum absolute atomic E-state index is 0.135. The van der Waals surface area contributed by atoms with Crippen molar-refractivity contribution in [1.82, 2.24) is 19.9 Å². The summed E-state index contributed by atoms with van der Waals surface area (Å²) in [5.41, 5.74) is 2.62. The molecule has 1 fully saturated rings. The van der Waals surface area contributed by atoms with E-state index in [1.165, 1.54) is 10.6 Å². The molecule has 10 heteroatoms. The van der Waals surface area contributed by atoms with Crippen molar-refractivity contribution in [1.29, 1.82) is 0 Å². The minimum Gasteiger partial charge on any atom is -0.490 e. The fourth-order valence-corrected chi connectivity index (χ4v) is 4.79. The molecule has 0 unspecified atom stereocenters. The van der Waals surface area contributed by atoms with Gasteiger partial charge in [-0.3, -0.25) is 4.79 Å². The van der Waals surface area contributed by atoms with Crippen molar-refractivity contribution < 1.29 is 28.6 Å². The number of aliphatic carboxylic acids is 1. The maximum atomic E-state index is 15.4. The standard InChI is InChI=1S/C27H31FN4O5.C3H6.C2H6/c1-13-16-7-6-10-36-23(16)18(28)11-17(13)22-21(24(26(34)35)37-27(3,4)5)14(2)29-20-12-19(31-32(20)22)25(33)30-15-8-9-15;1-3-2;1-2/h11-12,15,24H,6-10H2,1-5H3,(H,30,33)(H,34,35);3H,1H2,2H3;1-2H3/t24-;;/m0../s1. The average Bonchev–Trinajstić information content (AvgIpc) is 3.65. The highest BCUT2D eigenvalue weighted by Crippen LogP contribution is 2.41. The first-order valence-corrected chi connectivity index (χ1v) is 14.5. The summed E-state index contributed by atoms with van der Waals surface area (Å²) in [5.74, 6) is -1.85. The summed E-state index contributed by atoms with van der Waals surface area (Å²) in [4.78, 5) is 29.9. The third kappa shape index (κ3) is 7.15. The molecule has 2 aromatic heterocycles. The van der Waals surface area contributed by atoms with E-state index in [2.05, 4.69) is 22.0 Å². The fourth-order valence-electron chi connectivity index (χ4n) is 4.79. The molecule has 2 N–H and O–H groups in total. The number of allylic oxidation sites excluding steroid dienone is 1. The Kier molecular flexibility index (Phi) is 10.5. The molecule has 0 saturated heterocycles. The maximum absolute atomic E-state index is 15.4. The normalized spacial score (nSPS) is 14.8. The number of carboxylic acid groups (broad SMARTS) is 1. The van der Waals surface area contributed by atoms with Crippen molar-refractivity contribution in [2.75, 3.05) is 6.61 Å². The number of nitrogens with one attached hydrogen (secondary N) is 1. The lowest BCUT2D eigenvalue weighted by molar-refractivity contribution is -0.160. The van der Waals surface area contributed by atoms with E-state index in [0.29, 0.717) is 35.6 Å². The molecule has 1 aliphatic carbocycles. The number of rotatable bonds is 6. The summed E-state index contributed by atoms with van der Waals surface area (Å²) in [7, 11) is 0. The Morgan fingerprint density at radius 3 is 2.48 bits per heavy atom. The van der Waals surface area contributed by atoms with Crippen LogP contribution >= 0.6 is 0 Å². The molecule has 2 aliphatic rings. The molecule has 1 aliphatic heterocycles. The highest BCUT2D eigenvalue weighted by Gasteiger charge is 2.35. The van der Waals surface area contributed by atoms with Crippen molar-refractivity contribution in [2.24, 2.45) is 0 Å². The Morgan fingerprint density at radius 2 is 1.90 bits per heavy atom. The number of aromatic nitrogens is 3. The van der Waals surface area contributed by atoms with Gasteiger partial charge < -0.3 is 19.9 Å². The second kappa shape index (κ2) is 13.5. The minimum atomic E-state index is -1.41. The number of amides is 1. The number of ether oxygens (including phenoxy) is 2. The quantitative estimate of drug-likeness (QED) is 0.318. The Morgan fingerprint density at radius 1 is 1.26 bits per heavy atom. The second-order valence-corrected chi connectivity index (χ2v) is 11.2. The first kappa shape index (κ1) is 32.7. The third-order valence-corrected chi connectivity index (χ3v) is 6.62. The van der Waals surface area contributed by atoms with E-state index in [9.17, 15) is 14.7 Å². The van der Waals surface area contributed by atoms with E-state index in [0.717, 1.165) is 30.4 Å². The molecule has 3 heterocycles. The molecule has 1 atom stereocenters. The van der Waals surface area contributed by atoms with Crippen LogP contribution in [0.25, 0.3) is 16.9 Å². The molecule has 1 aromatic carbocycles. The van der Waals surface area contributed by atoms with E-state index < -0.39 is 23.5 Å². The molecule has 9 nitrogen and oxygen atoms in total. The van der Waals surface area contributed by atoms with Crippen LogP contribution in [-0.4, -0.2) is 49.8 Å². The Hall–Kier alpha value is -3.79. The van der Waals surface area contributed by atoms with Crippen molar-refractivity contribution in [3.63, 3.8) is 0 Å². The van der Waals surface area contributed by atoms with Gasteiger partial charge in [-0.2, -0.15) is 5.10 Å². The van der Waals surface area contributed by atoms with E-state index in [-0.39, 0.29) is 29.0 Å². The predicted octanol–water partition coefficient (Wildman–Crippen LogP) is 6.53. The van der Waals surface area contributed by atoms with Gasteiger partial charge in [0.25, 0.3) is 5.91 Å². The van der Waals surface area contributed by atoms with Crippen LogP contribution in [0, 0.1) is 19.7 Å². The fraction of sp³-hybridized carbons (Fsp3) is 0.500. The number of carboxylic acids is 1. The van der Waals surface area contributed by atoms with Crippen LogP contribution in [0.15, 0.2) is 24.8 Å². The van der Waals surface area contributed by atoms with Gasteiger partial charge >= 0.3 is 5.97 Å². The van der Waals surface area contributed by atoms with Gasteiger partial charge in [0.05, 0.1) is 17.9 Å². The predicted molar refractivity (Wildman–Crippen MR) is 161 cm³/mol. The highest BCUT2D eigenvalue weighted by atomic mass is 19.1. The zero-order valence-electron chi connectivity index (χ0n) is 25.9. The molecule has 1 saturated carbocycles. The molecular weight excluding hydrogens is 539 g/mol. The third-order valence-electron chi connectivity index (χ3n) is 6.62. The number of halogens is 1. The van der Waals surface area contributed by atoms with E-state index in [1.54, 1.807) is 39.8 Å². The number of hydrogen-bond donors (Lipinski definition) is 2. The van der Waals surface area contributed by atoms with Gasteiger partial charge in [-0.25, -0.2) is 18.7 Å². The largest absolute Gasteiger partial charge is 0.490 e. The molecule has 1 amide bonds. The number of aryl methyl sites for hydroxylation is 1. The van der Waals surface area contributed by atoms with Crippen molar-refractivity contribution in [3.8, 4) is 17.0 Å². The summed E-state index contributed by atoms with van der Waals surface area (Å²) < 4.78 is 28.4. The van der Waals surface area contributed by atoms with Crippen molar-refractivity contribution in [2.45, 2.75) is 98.8 Å². The zero-order valence-corrected chi connectivity index (χ0v) is 25.9. The van der Waals surface area contributed by atoms with Crippen LogP contribution in [0.5, 0.6) is 5.75 Å².